The van der Waals surface area contributed by atoms with Crippen LogP contribution in [0.1, 0.15) is 12.0 Å². The summed E-state index contributed by atoms with van der Waals surface area (Å²) in [5.41, 5.74) is 9.68. The van der Waals surface area contributed by atoms with Gasteiger partial charge in [0.2, 0.25) is 0 Å². The Balaban J connectivity index is 1.38. The zero-order chi connectivity index (χ0) is 25.1. The topological polar surface area (TPSA) is 12.5 Å². The van der Waals surface area contributed by atoms with E-state index in [1.54, 1.807) is 0 Å². The monoisotopic (exact) mass is 487 g/mol. The molecule has 2 aliphatic rings. The summed E-state index contributed by atoms with van der Waals surface area (Å²) < 4.78 is 6.31. The van der Waals surface area contributed by atoms with E-state index >= 15 is 0 Å². The summed E-state index contributed by atoms with van der Waals surface area (Å²) in [6, 6.07) is 46.1. The molecule has 0 fully saturated rings. The molecule has 0 N–H and O–H groups in total. The maximum atomic E-state index is 6.31. The minimum absolute atomic E-state index is 0.703. The van der Waals surface area contributed by atoms with Crippen LogP contribution in [0.15, 0.2) is 133 Å². The van der Waals surface area contributed by atoms with E-state index in [0.29, 0.717) is 6.61 Å². The Kier molecular flexibility index (Phi) is 4.68. The lowest BCUT2D eigenvalue weighted by atomic mass is 9.96. The molecule has 2 aliphatic heterocycles. The molecular formula is C36H25NO. The van der Waals surface area contributed by atoms with Gasteiger partial charge in [-0.05, 0) is 62.5 Å². The van der Waals surface area contributed by atoms with Gasteiger partial charge in [-0.2, -0.15) is 0 Å². The average Bonchev–Trinajstić information content (AvgIpc) is 3.43. The van der Waals surface area contributed by atoms with Gasteiger partial charge >= 0.3 is 0 Å². The van der Waals surface area contributed by atoms with Crippen molar-refractivity contribution in [3.63, 3.8) is 0 Å². The van der Waals surface area contributed by atoms with Gasteiger partial charge in [0.1, 0.15) is 5.76 Å². The first kappa shape index (κ1) is 21.3. The second kappa shape index (κ2) is 8.36. The van der Waals surface area contributed by atoms with Crippen LogP contribution in [-0.4, -0.2) is 6.61 Å². The van der Waals surface area contributed by atoms with Crippen molar-refractivity contribution in [2.45, 2.75) is 6.42 Å². The molecule has 0 atom stereocenters. The summed E-state index contributed by atoms with van der Waals surface area (Å²) in [5.74, 6) is 1.00. The molecule has 0 aliphatic carbocycles. The predicted molar refractivity (Wildman–Crippen MR) is 158 cm³/mol. The van der Waals surface area contributed by atoms with Gasteiger partial charge in [0.05, 0.1) is 18.0 Å². The first-order chi connectivity index (χ1) is 18.8. The number of hydrogen-bond acceptors (Lipinski definition) is 2. The molecule has 0 saturated carbocycles. The summed E-state index contributed by atoms with van der Waals surface area (Å²) in [7, 11) is 0. The van der Waals surface area contributed by atoms with Gasteiger partial charge in [-0.1, -0.05) is 103 Å². The first-order valence-corrected chi connectivity index (χ1v) is 13.2. The summed E-state index contributed by atoms with van der Waals surface area (Å²) in [6.07, 6.45) is 0.879. The van der Waals surface area contributed by atoms with Gasteiger partial charge in [0.25, 0.3) is 0 Å². The molecule has 6 aromatic rings. The average molecular weight is 488 g/mol. The van der Waals surface area contributed by atoms with Gasteiger partial charge < -0.3 is 9.64 Å². The van der Waals surface area contributed by atoms with E-state index in [-0.39, 0.29) is 0 Å². The number of nitrogens with zero attached hydrogens (tertiary/aromatic N) is 1. The summed E-state index contributed by atoms with van der Waals surface area (Å²) >= 11 is 0. The smallest absolute Gasteiger partial charge is 0.147 e. The van der Waals surface area contributed by atoms with Crippen LogP contribution < -0.4 is 4.90 Å². The van der Waals surface area contributed by atoms with Crippen molar-refractivity contribution in [1.29, 1.82) is 0 Å². The SMILES string of the molecule is c1ccc(-c2ccc3ccc4ccc(N5C6=C(OCC6)c6ccccc6-c6ccccc65)cc4c3c2)cc1. The van der Waals surface area contributed by atoms with Crippen molar-refractivity contribution in [1.82, 2.24) is 0 Å². The Morgan fingerprint density at radius 3 is 2.03 bits per heavy atom. The van der Waals surface area contributed by atoms with Crippen molar-refractivity contribution in [2.24, 2.45) is 0 Å². The lowest BCUT2D eigenvalue weighted by molar-refractivity contribution is 0.307. The van der Waals surface area contributed by atoms with E-state index < -0.39 is 0 Å². The van der Waals surface area contributed by atoms with E-state index in [9.17, 15) is 0 Å². The Morgan fingerprint density at radius 2 is 1.18 bits per heavy atom. The van der Waals surface area contributed by atoms with E-state index in [2.05, 4.69) is 132 Å². The van der Waals surface area contributed by atoms with Gasteiger partial charge in [0.15, 0.2) is 0 Å². The van der Waals surface area contributed by atoms with Gasteiger partial charge in [-0.25, -0.2) is 0 Å². The van der Waals surface area contributed by atoms with Crippen LogP contribution in [0.5, 0.6) is 0 Å². The van der Waals surface area contributed by atoms with Crippen molar-refractivity contribution >= 4 is 38.7 Å². The molecule has 180 valence electrons. The quantitative estimate of drug-likeness (QED) is 0.225. The number of hydrogen-bond donors (Lipinski definition) is 0. The Morgan fingerprint density at radius 1 is 0.526 bits per heavy atom. The molecule has 0 saturated heterocycles. The fourth-order valence-electron chi connectivity index (χ4n) is 6.13. The maximum Gasteiger partial charge on any atom is 0.147 e. The molecule has 0 amide bonds. The van der Waals surface area contributed by atoms with Crippen LogP contribution >= 0.6 is 0 Å². The van der Waals surface area contributed by atoms with E-state index in [1.807, 2.05) is 0 Å². The minimum atomic E-state index is 0.703. The third kappa shape index (κ3) is 3.20. The van der Waals surface area contributed by atoms with Crippen LogP contribution in [0.4, 0.5) is 11.4 Å². The molecule has 0 unspecified atom stereocenters. The molecule has 0 radical (unpaired) electrons. The van der Waals surface area contributed by atoms with Crippen LogP contribution in [0.2, 0.25) is 0 Å². The summed E-state index contributed by atoms with van der Waals surface area (Å²) in [4.78, 5) is 2.43. The molecular weight excluding hydrogens is 462 g/mol. The highest BCUT2D eigenvalue weighted by atomic mass is 16.5. The van der Waals surface area contributed by atoms with Crippen LogP contribution in [0.3, 0.4) is 0 Å². The molecule has 0 bridgehead atoms. The highest BCUT2D eigenvalue weighted by Gasteiger charge is 2.31. The fourth-order valence-corrected chi connectivity index (χ4v) is 6.13. The third-order valence-electron chi connectivity index (χ3n) is 7.91. The number of anilines is 2. The molecule has 8 rings (SSSR count). The van der Waals surface area contributed by atoms with Gasteiger partial charge in [-0.15, -0.1) is 0 Å². The molecule has 2 heterocycles. The predicted octanol–water partition coefficient (Wildman–Crippen LogP) is 9.57. The van der Waals surface area contributed by atoms with Crippen LogP contribution in [0, 0.1) is 0 Å². The maximum absolute atomic E-state index is 6.31. The Labute approximate surface area is 222 Å². The number of ether oxygens (including phenoxy) is 1. The van der Waals surface area contributed by atoms with Crippen LogP contribution in [0.25, 0.3) is 49.6 Å². The first-order valence-electron chi connectivity index (χ1n) is 13.2. The fraction of sp³-hybridized carbons (Fsp3) is 0.0556. The molecule has 2 heteroatoms. The Hall–Kier alpha value is -4.82. The highest BCUT2D eigenvalue weighted by Crippen LogP contribution is 2.49. The van der Waals surface area contributed by atoms with E-state index in [0.717, 1.165) is 17.9 Å². The molecule has 0 aromatic heterocycles. The molecule has 2 nitrogen and oxygen atoms in total. The van der Waals surface area contributed by atoms with Crippen molar-refractivity contribution in [2.75, 3.05) is 11.5 Å². The van der Waals surface area contributed by atoms with Crippen LogP contribution in [-0.2, 0) is 4.74 Å². The number of para-hydroxylation sites is 1. The summed E-state index contributed by atoms with van der Waals surface area (Å²) in [5, 5.41) is 5.03. The third-order valence-corrected chi connectivity index (χ3v) is 7.91. The number of fused-ring (bicyclic) bond motifs is 7. The zero-order valence-electron chi connectivity index (χ0n) is 20.9. The van der Waals surface area contributed by atoms with Gasteiger partial charge in [-0.3, -0.25) is 0 Å². The second-order valence-corrected chi connectivity index (χ2v) is 10.0. The lowest BCUT2D eigenvalue weighted by Crippen LogP contribution is -2.16. The van der Waals surface area contributed by atoms with Crippen molar-refractivity contribution < 1.29 is 4.74 Å². The lowest BCUT2D eigenvalue weighted by Gasteiger charge is -2.27. The molecule has 0 spiro atoms. The van der Waals surface area contributed by atoms with Crippen molar-refractivity contribution in [3.8, 4) is 22.3 Å². The second-order valence-electron chi connectivity index (χ2n) is 10.0. The highest BCUT2D eigenvalue weighted by molar-refractivity contribution is 6.10. The van der Waals surface area contributed by atoms with Gasteiger partial charge in [0, 0.05) is 23.2 Å². The number of rotatable bonds is 2. The molecule has 38 heavy (non-hydrogen) atoms. The van der Waals surface area contributed by atoms with E-state index in [4.69, 9.17) is 4.74 Å². The standard InChI is InChI=1S/C36H25NO/c1-2-8-24(9-3-1)27-17-16-25-14-15-26-18-19-28(23-33(26)32(25)22-27)37-34-13-7-6-11-30(34)29-10-4-5-12-31(29)36-35(37)20-21-38-36/h1-19,22-23H,20-21H2. The van der Waals surface area contributed by atoms with Crippen molar-refractivity contribution in [3.05, 3.63) is 139 Å². The zero-order valence-corrected chi connectivity index (χ0v) is 20.9. The number of benzene rings is 6. The Bertz CT molecular complexity index is 1900. The molecule has 6 aromatic carbocycles. The normalized spacial score (nSPS) is 14.2. The van der Waals surface area contributed by atoms with E-state index in [1.165, 1.54) is 60.7 Å². The summed E-state index contributed by atoms with van der Waals surface area (Å²) in [6.45, 7) is 0.703. The largest absolute Gasteiger partial charge is 0.491 e. The minimum Gasteiger partial charge on any atom is -0.491 e.